The second-order valence-corrected chi connectivity index (χ2v) is 8.09. The third-order valence-electron chi connectivity index (χ3n) is 5.87. The van der Waals surface area contributed by atoms with Crippen molar-refractivity contribution < 1.29 is 0 Å². The van der Waals surface area contributed by atoms with Gasteiger partial charge in [0.2, 0.25) is 0 Å². The summed E-state index contributed by atoms with van der Waals surface area (Å²) >= 11 is 0. The first kappa shape index (κ1) is 22.4. The normalized spacial score (nSPS) is 12.3. The molecule has 0 bridgehead atoms. The smallest absolute Gasteiger partial charge is 0.0522 e. The topological polar surface area (TPSA) is 3.24 Å². The summed E-state index contributed by atoms with van der Waals surface area (Å²) in [7, 11) is 0. The molecule has 33 heavy (non-hydrogen) atoms. The van der Waals surface area contributed by atoms with E-state index in [-0.39, 0.29) is 6.04 Å². The van der Waals surface area contributed by atoms with E-state index >= 15 is 0 Å². The van der Waals surface area contributed by atoms with Gasteiger partial charge in [0, 0.05) is 11.4 Å². The fourth-order valence-electron chi connectivity index (χ4n) is 4.15. The van der Waals surface area contributed by atoms with Crippen molar-refractivity contribution in [1.82, 2.24) is 0 Å². The van der Waals surface area contributed by atoms with Crippen LogP contribution in [-0.4, -0.2) is 6.04 Å². The molecule has 4 rings (SSSR count). The summed E-state index contributed by atoms with van der Waals surface area (Å²) < 4.78 is 0. The van der Waals surface area contributed by atoms with E-state index in [1.54, 1.807) is 0 Å². The maximum absolute atomic E-state index is 2.42. The Hall–Kier alpha value is -3.84. The van der Waals surface area contributed by atoms with E-state index in [2.05, 4.69) is 145 Å². The van der Waals surface area contributed by atoms with Crippen LogP contribution in [0.2, 0.25) is 0 Å². The second kappa shape index (κ2) is 11.2. The van der Waals surface area contributed by atoms with Gasteiger partial charge in [0.1, 0.15) is 0 Å². The molecule has 0 spiro atoms. The van der Waals surface area contributed by atoms with Crippen LogP contribution in [0.25, 0.3) is 22.3 Å². The molecule has 0 saturated carbocycles. The minimum atomic E-state index is 0.274. The van der Waals surface area contributed by atoms with Crippen molar-refractivity contribution in [1.29, 1.82) is 0 Å². The predicted molar refractivity (Wildman–Crippen MR) is 144 cm³/mol. The van der Waals surface area contributed by atoms with E-state index in [4.69, 9.17) is 0 Å². The lowest BCUT2D eigenvalue weighted by molar-refractivity contribution is 0.750. The summed E-state index contributed by atoms with van der Waals surface area (Å²) in [4.78, 5) is 2.42. The average molecular weight is 430 g/mol. The van der Waals surface area contributed by atoms with E-state index < -0.39 is 0 Å². The number of anilines is 2. The van der Waals surface area contributed by atoms with Gasteiger partial charge in [0.25, 0.3) is 0 Å². The van der Waals surface area contributed by atoms with Crippen molar-refractivity contribution in [3.63, 3.8) is 0 Å². The Balaban J connectivity index is 1.67. The highest BCUT2D eigenvalue weighted by atomic mass is 15.2. The van der Waals surface area contributed by atoms with E-state index in [0.29, 0.717) is 0 Å². The van der Waals surface area contributed by atoms with Crippen LogP contribution in [0.5, 0.6) is 0 Å². The molecule has 0 aromatic heterocycles. The van der Waals surface area contributed by atoms with E-state index in [0.717, 1.165) is 6.42 Å². The quantitative estimate of drug-likeness (QED) is 0.252. The van der Waals surface area contributed by atoms with Gasteiger partial charge >= 0.3 is 0 Å². The van der Waals surface area contributed by atoms with Crippen molar-refractivity contribution in [2.75, 3.05) is 4.90 Å². The summed E-state index contributed by atoms with van der Waals surface area (Å²) in [5.41, 5.74) is 7.33. The molecule has 4 aromatic carbocycles. The largest absolute Gasteiger partial charge is 0.335 e. The molecular weight excluding hydrogens is 398 g/mol. The molecule has 4 aromatic rings. The monoisotopic (exact) mass is 429 g/mol. The SMILES string of the molecule is C/C=C\C=C/C(CC)N(c1ccccc1)c1ccc(-c2cccc(-c3ccccc3)c2)cc1. The van der Waals surface area contributed by atoms with Crippen molar-refractivity contribution in [2.45, 2.75) is 26.3 Å². The third kappa shape index (κ3) is 5.51. The van der Waals surface area contributed by atoms with Crippen molar-refractivity contribution in [3.05, 3.63) is 133 Å². The van der Waals surface area contributed by atoms with Crippen LogP contribution in [0.4, 0.5) is 11.4 Å². The lowest BCUT2D eigenvalue weighted by atomic mass is 9.98. The third-order valence-corrected chi connectivity index (χ3v) is 5.87. The first-order valence-corrected chi connectivity index (χ1v) is 11.7. The highest BCUT2D eigenvalue weighted by molar-refractivity contribution is 5.75. The average Bonchev–Trinajstić information content (AvgIpc) is 2.89. The zero-order valence-electron chi connectivity index (χ0n) is 19.4. The van der Waals surface area contributed by atoms with Gasteiger partial charge in [-0.3, -0.25) is 0 Å². The van der Waals surface area contributed by atoms with Crippen LogP contribution in [-0.2, 0) is 0 Å². The van der Waals surface area contributed by atoms with Crippen molar-refractivity contribution in [2.24, 2.45) is 0 Å². The number of para-hydroxylation sites is 1. The fraction of sp³-hybridized carbons (Fsp3) is 0.125. The number of rotatable bonds is 8. The van der Waals surface area contributed by atoms with Crippen molar-refractivity contribution >= 4 is 11.4 Å². The highest BCUT2D eigenvalue weighted by Gasteiger charge is 2.17. The molecule has 0 aliphatic carbocycles. The number of nitrogens with zero attached hydrogens (tertiary/aromatic N) is 1. The van der Waals surface area contributed by atoms with Gasteiger partial charge < -0.3 is 4.90 Å². The van der Waals surface area contributed by atoms with Crippen LogP contribution in [0.1, 0.15) is 20.3 Å². The Labute approximate surface area is 198 Å². The molecule has 1 nitrogen and oxygen atoms in total. The minimum absolute atomic E-state index is 0.274. The Morgan fingerprint density at radius 3 is 1.76 bits per heavy atom. The molecule has 0 aliphatic heterocycles. The molecule has 0 aliphatic rings. The van der Waals surface area contributed by atoms with Crippen LogP contribution >= 0.6 is 0 Å². The maximum Gasteiger partial charge on any atom is 0.0522 e. The number of hydrogen-bond acceptors (Lipinski definition) is 1. The summed E-state index contributed by atoms with van der Waals surface area (Å²) in [5.74, 6) is 0. The van der Waals surface area contributed by atoms with Crippen LogP contribution < -0.4 is 4.90 Å². The minimum Gasteiger partial charge on any atom is -0.335 e. The highest BCUT2D eigenvalue weighted by Crippen LogP contribution is 2.32. The first-order valence-electron chi connectivity index (χ1n) is 11.7. The Bertz CT molecular complexity index is 1190. The second-order valence-electron chi connectivity index (χ2n) is 8.09. The molecule has 0 N–H and O–H groups in total. The Kier molecular flexibility index (Phi) is 7.56. The Morgan fingerprint density at radius 2 is 1.15 bits per heavy atom. The standard InChI is InChI=1S/C32H31N/c1-3-5-8-18-30(4-2)33(31-19-11-7-12-20-31)32-23-21-27(22-24-32)29-17-13-16-28(25-29)26-14-9-6-10-15-26/h3,5-25,30H,4H2,1-2H3/b5-3-,18-8-. The molecule has 0 radical (unpaired) electrons. The van der Waals surface area contributed by atoms with Crippen LogP contribution in [0, 0.1) is 0 Å². The summed E-state index contributed by atoms with van der Waals surface area (Å²) in [5, 5.41) is 0. The molecular formula is C32H31N. The molecule has 1 unspecified atom stereocenters. The number of benzene rings is 4. The molecule has 0 saturated heterocycles. The zero-order valence-corrected chi connectivity index (χ0v) is 19.4. The lowest BCUT2D eigenvalue weighted by Gasteiger charge is -2.31. The molecule has 164 valence electrons. The van der Waals surface area contributed by atoms with Gasteiger partial charge in [0.15, 0.2) is 0 Å². The predicted octanol–water partition coefficient (Wildman–Crippen LogP) is 9.07. The molecule has 1 heteroatoms. The van der Waals surface area contributed by atoms with Crippen LogP contribution in [0.15, 0.2) is 133 Å². The summed E-state index contributed by atoms with van der Waals surface area (Å²) in [6.07, 6.45) is 9.60. The number of hydrogen-bond donors (Lipinski definition) is 0. The van der Waals surface area contributed by atoms with E-state index in [1.807, 2.05) is 6.92 Å². The van der Waals surface area contributed by atoms with Gasteiger partial charge in [-0.25, -0.2) is 0 Å². The van der Waals surface area contributed by atoms with Gasteiger partial charge in [-0.2, -0.15) is 0 Å². The maximum atomic E-state index is 2.42. The zero-order chi connectivity index (χ0) is 22.9. The van der Waals surface area contributed by atoms with Gasteiger partial charge in [-0.15, -0.1) is 0 Å². The summed E-state index contributed by atoms with van der Waals surface area (Å²) in [6.45, 7) is 4.29. The Morgan fingerprint density at radius 1 is 0.606 bits per heavy atom. The van der Waals surface area contributed by atoms with E-state index in [1.165, 1.54) is 33.6 Å². The molecule has 0 amide bonds. The van der Waals surface area contributed by atoms with Gasteiger partial charge in [0.05, 0.1) is 6.04 Å². The molecule has 1 atom stereocenters. The number of allylic oxidation sites excluding steroid dienone is 3. The van der Waals surface area contributed by atoms with Crippen LogP contribution in [0.3, 0.4) is 0 Å². The molecule has 0 heterocycles. The molecule has 0 fully saturated rings. The van der Waals surface area contributed by atoms with E-state index in [9.17, 15) is 0 Å². The fourth-order valence-corrected chi connectivity index (χ4v) is 4.15. The van der Waals surface area contributed by atoms with Crippen molar-refractivity contribution in [3.8, 4) is 22.3 Å². The first-order chi connectivity index (χ1) is 16.3. The lowest BCUT2D eigenvalue weighted by Crippen LogP contribution is -2.28. The summed E-state index contributed by atoms with van der Waals surface area (Å²) in [6, 6.07) is 39.2. The van der Waals surface area contributed by atoms with Gasteiger partial charge in [-0.05, 0) is 65.9 Å². The van der Waals surface area contributed by atoms with Gasteiger partial charge in [-0.1, -0.05) is 110 Å².